The quantitative estimate of drug-likeness (QED) is 0.747. The Balaban J connectivity index is 1.42. The van der Waals surface area contributed by atoms with Crippen LogP contribution in [0.15, 0.2) is 24.4 Å². The molecule has 4 atom stereocenters. The average Bonchev–Trinajstić information content (AvgIpc) is 2.73. The molecule has 0 unspecified atom stereocenters. The summed E-state index contributed by atoms with van der Waals surface area (Å²) in [5.74, 6) is 1.00. The molecule has 1 aromatic rings. The number of piperidine rings is 3. The number of hydrogen-bond donors (Lipinski definition) is 2. The molecule has 3 saturated heterocycles. The van der Waals surface area contributed by atoms with E-state index in [1.54, 1.807) is 0 Å². The lowest BCUT2D eigenvalue weighted by molar-refractivity contribution is -0.125. The molecule has 1 aromatic heterocycles. The first kappa shape index (κ1) is 20.3. The third-order valence-corrected chi connectivity index (χ3v) is 6.82. The van der Waals surface area contributed by atoms with E-state index in [0.29, 0.717) is 30.5 Å². The minimum absolute atomic E-state index is 0.0601. The van der Waals surface area contributed by atoms with E-state index in [1.165, 1.54) is 32.6 Å². The molecule has 2 amide bonds. The molecule has 4 rings (SSSR count). The summed E-state index contributed by atoms with van der Waals surface area (Å²) in [4.78, 5) is 33.0. The van der Waals surface area contributed by atoms with E-state index < -0.39 is 0 Å². The Morgan fingerprint density at radius 3 is 2.83 bits per heavy atom. The first-order chi connectivity index (χ1) is 14.1. The van der Waals surface area contributed by atoms with Crippen LogP contribution in [0.5, 0.6) is 0 Å². The van der Waals surface area contributed by atoms with Crippen molar-refractivity contribution in [3.05, 3.63) is 30.1 Å². The van der Waals surface area contributed by atoms with Gasteiger partial charge in [0, 0.05) is 51.4 Å². The normalized spacial score (nSPS) is 29.7. The van der Waals surface area contributed by atoms with Crippen molar-refractivity contribution >= 4 is 11.8 Å². The molecule has 3 aliphatic rings. The molecular weight excluding hydrogens is 366 g/mol. The molecule has 3 fully saturated rings. The van der Waals surface area contributed by atoms with Gasteiger partial charge in [-0.3, -0.25) is 24.4 Å². The highest BCUT2D eigenvalue weighted by Crippen LogP contribution is 2.41. The summed E-state index contributed by atoms with van der Waals surface area (Å²) in [6, 6.07) is 7.14. The van der Waals surface area contributed by atoms with Crippen LogP contribution in [0.2, 0.25) is 0 Å². The zero-order valence-electron chi connectivity index (χ0n) is 17.3. The predicted molar refractivity (Wildman–Crippen MR) is 111 cm³/mol. The number of carbonyl (C=O) groups is 2. The summed E-state index contributed by atoms with van der Waals surface area (Å²) in [7, 11) is 0. The fraction of sp³-hybridized carbons (Fsp3) is 0.682. The number of nitrogens with zero attached hydrogens (tertiary/aromatic N) is 3. The van der Waals surface area contributed by atoms with E-state index in [-0.39, 0.29) is 18.4 Å². The summed E-state index contributed by atoms with van der Waals surface area (Å²) >= 11 is 0. The Labute approximate surface area is 173 Å². The summed E-state index contributed by atoms with van der Waals surface area (Å²) in [5.41, 5.74) is 1.13. The average molecular weight is 400 g/mol. The van der Waals surface area contributed by atoms with Gasteiger partial charge in [0.05, 0.1) is 12.2 Å². The third-order valence-electron chi connectivity index (χ3n) is 6.82. The van der Waals surface area contributed by atoms with Crippen LogP contribution in [0.1, 0.15) is 38.3 Å². The topological polar surface area (TPSA) is 77.6 Å². The van der Waals surface area contributed by atoms with Crippen LogP contribution in [0.25, 0.3) is 0 Å². The van der Waals surface area contributed by atoms with E-state index in [1.807, 2.05) is 12.3 Å². The lowest BCUT2D eigenvalue weighted by atomic mass is 9.72. The van der Waals surface area contributed by atoms with Crippen LogP contribution < -0.4 is 10.6 Å². The van der Waals surface area contributed by atoms with Crippen molar-refractivity contribution in [2.75, 3.05) is 32.7 Å². The highest BCUT2D eigenvalue weighted by Gasteiger charge is 2.46. The number of amides is 2. The first-order valence-electron chi connectivity index (χ1n) is 11.0. The Morgan fingerprint density at radius 2 is 2.03 bits per heavy atom. The zero-order valence-corrected chi connectivity index (χ0v) is 17.3. The molecule has 7 heteroatoms. The van der Waals surface area contributed by atoms with Gasteiger partial charge in [-0.2, -0.15) is 0 Å². The summed E-state index contributed by atoms with van der Waals surface area (Å²) in [6.45, 7) is 6.42. The molecule has 0 saturated carbocycles. The number of likely N-dealkylation sites (tertiary alicyclic amines) is 1. The van der Waals surface area contributed by atoms with Crippen molar-refractivity contribution in [1.82, 2.24) is 25.4 Å². The molecule has 3 aliphatic heterocycles. The predicted octanol–water partition coefficient (Wildman–Crippen LogP) is 1.01. The molecule has 0 radical (unpaired) electrons. The molecular formula is C22H33N5O2. The molecule has 158 valence electrons. The summed E-state index contributed by atoms with van der Waals surface area (Å²) in [6.07, 6.45) is 6.96. The summed E-state index contributed by atoms with van der Waals surface area (Å²) in [5, 5.41) is 5.67. The number of fused-ring (bicyclic) bond motifs is 4. The zero-order chi connectivity index (χ0) is 20.2. The maximum atomic E-state index is 12.2. The van der Waals surface area contributed by atoms with Crippen molar-refractivity contribution in [3.8, 4) is 0 Å². The van der Waals surface area contributed by atoms with E-state index >= 15 is 0 Å². The molecule has 7 nitrogen and oxygen atoms in total. The van der Waals surface area contributed by atoms with E-state index in [9.17, 15) is 9.59 Å². The Hall–Kier alpha value is -1.99. The van der Waals surface area contributed by atoms with Crippen molar-refractivity contribution in [2.45, 2.75) is 51.2 Å². The fourth-order valence-corrected chi connectivity index (χ4v) is 5.62. The second-order valence-corrected chi connectivity index (χ2v) is 8.85. The standard InChI is InChI=1S/C22H33N5O2/c1-16(28)24-12-22(29)25-11-21-18-10-17(20-7-3-5-9-27(20)21)13-26(14-18)15-19-6-2-4-8-23-19/h2,4,6,8,17-18,20-21H,3,5,7,9-15H2,1H3,(H,24,28)(H,25,29)/t17-,18+,20+,21+/m1/s1. The second-order valence-electron chi connectivity index (χ2n) is 8.85. The van der Waals surface area contributed by atoms with E-state index in [4.69, 9.17) is 0 Å². The van der Waals surface area contributed by atoms with Gasteiger partial charge in [0.25, 0.3) is 0 Å². The number of nitrogens with one attached hydrogen (secondary N) is 2. The lowest BCUT2D eigenvalue weighted by Crippen LogP contribution is -2.65. The van der Waals surface area contributed by atoms with Crippen LogP contribution in [0.3, 0.4) is 0 Å². The smallest absolute Gasteiger partial charge is 0.239 e. The highest BCUT2D eigenvalue weighted by atomic mass is 16.2. The van der Waals surface area contributed by atoms with Gasteiger partial charge in [0.15, 0.2) is 0 Å². The van der Waals surface area contributed by atoms with E-state index in [0.717, 1.165) is 31.9 Å². The molecule has 29 heavy (non-hydrogen) atoms. The molecule has 0 aromatic carbocycles. The van der Waals surface area contributed by atoms with Crippen LogP contribution in [0.4, 0.5) is 0 Å². The van der Waals surface area contributed by atoms with Gasteiger partial charge in [-0.05, 0) is 49.8 Å². The van der Waals surface area contributed by atoms with Crippen LogP contribution in [-0.4, -0.2) is 71.4 Å². The van der Waals surface area contributed by atoms with Crippen molar-refractivity contribution in [1.29, 1.82) is 0 Å². The third kappa shape index (κ3) is 4.95. The monoisotopic (exact) mass is 399 g/mol. The summed E-state index contributed by atoms with van der Waals surface area (Å²) < 4.78 is 0. The van der Waals surface area contributed by atoms with Crippen molar-refractivity contribution in [2.24, 2.45) is 11.8 Å². The van der Waals surface area contributed by atoms with Gasteiger partial charge in [-0.1, -0.05) is 12.5 Å². The Bertz CT molecular complexity index is 712. The number of hydrogen-bond acceptors (Lipinski definition) is 5. The van der Waals surface area contributed by atoms with Gasteiger partial charge in [0.1, 0.15) is 0 Å². The minimum atomic E-state index is -0.172. The van der Waals surface area contributed by atoms with Gasteiger partial charge in [-0.15, -0.1) is 0 Å². The molecule has 0 spiro atoms. The van der Waals surface area contributed by atoms with Crippen LogP contribution in [-0.2, 0) is 16.1 Å². The number of rotatable bonds is 6. The van der Waals surface area contributed by atoms with Gasteiger partial charge in [0.2, 0.25) is 11.8 Å². The van der Waals surface area contributed by atoms with Gasteiger partial charge >= 0.3 is 0 Å². The van der Waals surface area contributed by atoms with Gasteiger partial charge < -0.3 is 10.6 Å². The number of carbonyl (C=O) groups excluding carboxylic acids is 2. The largest absolute Gasteiger partial charge is 0.353 e. The lowest BCUT2D eigenvalue weighted by Gasteiger charge is -2.56. The Kier molecular flexibility index (Phi) is 6.45. The molecule has 2 N–H and O–H groups in total. The second kappa shape index (κ2) is 9.22. The first-order valence-corrected chi connectivity index (χ1v) is 11.0. The molecule has 4 heterocycles. The molecule has 2 bridgehead atoms. The number of pyridine rings is 1. The van der Waals surface area contributed by atoms with Crippen molar-refractivity contribution in [3.63, 3.8) is 0 Å². The Morgan fingerprint density at radius 1 is 1.17 bits per heavy atom. The highest BCUT2D eigenvalue weighted by molar-refractivity contribution is 5.83. The molecule has 0 aliphatic carbocycles. The van der Waals surface area contributed by atoms with Crippen LogP contribution >= 0.6 is 0 Å². The van der Waals surface area contributed by atoms with Crippen LogP contribution in [0, 0.1) is 11.8 Å². The maximum absolute atomic E-state index is 12.2. The SMILES string of the molecule is CC(=O)NCC(=O)NC[C@H]1[C@H]2C[C@H](CN(Cc3ccccn3)C2)[C@@H]2CCCCN21. The maximum Gasteiger partial charge on any atom is 0.239 e. The van der Waals surface area contributed by atoms with E-state index in [2.05, 4.69) is 37.6 Å². The number of aromatic nitrogens is 1. The minimum Gasteiger partial charge on any atom is -0.353 e. The fourth-order valence-electron chi connectivity index (χ4n) is 5.62. The van der Waals surface area contributed by atoms with Gasteiger partial charge in [-0.25, -0.2) is 0 Å². The van der Waals surface area contributed by atoms with Crippen molar-refractivity contribution < 1.29 is 9.59 Å².